The first kappa shape index (κ1) is 14.4. The van der Waals surface area contributed by atoms with Crippen LogP contribution >= 0.6 is 11.6 Å². The molecule has 0 heterocycles. The van der Waals surface area contributed by atoms with Crippen molar-refractivity contribution in [1.29, 1.82) is 0 Å². The predicted molar refractivity (Wildman–Crippen MR) is 81.6 cm³/mol. The molecule has 0 saturated carbocycles. The van der Waals surface area contributed by atoms with Crippen LogP contribution in [0.5, 0.6) is 0 Å². The molecule has 2 aromatic carbocycles. The van der Waals surface area contributed by atoms with Crippen LogP contribution in [0.3, 0.4) is 0 Å². The monoisotopic (exact) mass is 296 g/mol. The molecule has 4 heteroatoms. The van der Waals surface area contributed by atoms with Crippen LogP contribution in [0.4, 0.5) is 0 Å². The molecular weight excluding hydrogens is 280 g/mol. The van der Waals surface area contributed by atoms with Crippen LogP contribution in [0.25, 0.3) is 10.8 Å². The largest absolute Gasteiger partial charge is 0.229 e. The lowest BCUT2D eigenvalue weighted by molar-refractivity contribution is 0.584. The fourth-order valence-electron chi connectivity index (χ4n) is 2.03. The SMILES string of the molecule is CC(C(Cl)Cc1ccc2ccccc2c1)S(C)(=O)=O. The summed E-state index contributed by atoms with van der Waals surface area (Å²) in [5, 5.41) is 1.38. The topological polar surface area (TPSA) is 34.1 Å². The van der Waals surface area contributed by atoms with E-state index in [1.165, 1.54) is 11.6 Å². The highest BCUT2D eigenvalue weighted by Gasteiger charge is 2.24. The highest BCUT2D eigenvalue weighted by Crippen LogP contribution is 2.20. The van der Waals surface area contributed by atoms with Crippen LogP contribution in [0, 0.1) is 0 Å². The average molecular weight is 297 g/mol. The van der Waals surface area contributed by atoms with Gasteiger partial charge in [-0.25, -0.2) is 8.42 Å². The number of benzene rings is 2. The van der Waals surface area contributed by atoms with Gasteiger partial charge in [0.1, 0.15) is 0 Å². The Morgan fingerprint density at radius 3 is 2.37 bits per heavy atom. The van der Waals surface area contributed by atoms with E-state index in [4.69, 9.17) is 11.6 Å². The van der Waals surface area contributed by atoms with Crippen molar-refractivity contribution in [3.05, 3.63) is 48.0 Å². The molecule has 0 aliphatic rings. The first-order chi connectivity index (χ1) is 8.88. The summed E-state index contributed by atoms with van der Waals surface area (Å²) in [6.45, 7) is 1.66. The zero-order valence-electron chi connectivity index (χ0n) is 11.0. The summed E-state index contributed by atoms with van der Waals surface area (Å²) in [5.74, 6) is 0. The predicted octanol–water partition coefficient (Wildman–Crippen LogP) is 3.42. The minimum atomic E-state index is -3.10. The number of sulfone groups is 1. The Kier molecular flexibility index (Phi) is 4.16. The van der Waals surface area contributed by atoms with Gasteiger partial charge in [0.15, 0.2) is 9.84 Å². The average Bonchev–Trinajstić information content (AvgIpc) is 2.36. The molecule has 2 atom stereocenters. The Morgan fingerprint density at radius 1 is 1.11 bits per heavy atom. The molecule has 102 valence electrons. The van der Waals surface area contributed by atoms with E-state index < -0.39 is 20.5 Å². The van der Waals surface area contributed by atoms with Crippen molar-refractivity contribution >= 4 is 32.2 Å². The first-order valence-corrected chi connectivity index (χ1v) is 8.57. The minimum Gasteiger partial charge on any atom is -0.229 e. The summed E-state index contributed by atoms with van der Waals surface area (Å²) in [4.78, 5) is 0. The molecule has 0 radical (unpaired) electrons. The number of hydrogen-bond acceptors (Lipinski definition) is 2. The number of halogens is 1. The summed E-state index contributed by atoms with van der Waals surface area (Å²) < 4.78 is 23.0. The van der Waals surface area contributed by atoms with Crippen molar-refractivity contribution in [2.24, 2.45) is 0 Å². The van der Waals surface area contributed by atoms with Crippen LogP contribution in [0.15, 0.2) is 42.5 Å². The Labute approximate surface area is 119 Å². The molecule has 2 rings (SSSR count). The van der Waals surface area contributed by atoms with Crippen molar-refractivity contribution < 1.29 is 8.42 Å². The molecular formula is C15H17ClO2S. The van der Waals surface area contributed by atoms with E-state index in [0.717, 1.165) is 10.9 Å². The maximum absolute atomic E-state index is 11.5. The van der Waals surface area contributed by atoms with Gasteiger partial charge >= 0.3 is 0 Å². The lowest BCUT2D eigenvalue weighted by atomic mass is 10.0. The van der Waals surface area contributed by atoms with E-state index in [0.29, 0.717) is 6.42 Å². The number of alkyl halides is 1. The van der Waals surface area contributed by atoms with Crippen molar-refractivity contribution in [2.45, 2.75) is 24.0 Å². The molecule has 19 heavy (non-hydrogen) atoms. The Morgan fingerprint density at radius 2 is 1.74 bits per heavy atom. The summed E-state index contributed by atoms with van der Waals surface area (Å²) in [5.41, 5.74) is 1.06. The normalized spacial score (nSPS) is 15.3. The van der Waals surface area contributed by atoms with E-state index in [1.807, 2.05) is 30.3 Å². The lowest BCUT2D eigenvalue weighted by Gasteiger charge is -2.16. The van der Waals surface area contributed by atoms with Crippen molar-refractivity contribution in [3.63, 3.8) is 0 Å². The van der Waals surface area contributed by atoms with E-state index in [9.17, 15) is 8.42 Å². The lowest BCUT2D eigenvalue weighted by Crippen LogP contribution is -2.28. The van der Waals surface area contributed by atoms with E-state index in [-0.39, 0.29) is 0 Å². The van der Waals surface area contributed by atoms with E-state index >= 15 is 0 Å². The van der Waals surface area contributed by atoms with Crippen molar-refractivity contribution in [3.8, 4) is 0 Å². The fourth-order valence-corrected chi connectivity index (χ4v) is 3.40. The molecule has 0 aromatic heterocycles. The van der Waals surface area contributed by atoms with Gasteiger partial charge in [-0.15, -0.1) is 11.6 Å². The van der Waals surface area contributed by atoms with Gasteiger partial charge in [0.25, 0.3) is 0 Å². The third-order valence-electron chi connectivity index (χ3n) is 3.43. The van der Waals surface area contributed by atoms with Crippen molar-refractivity contribution in [1.82, 2.24) is 0 Å². The highest BCUT2D eigenvalue weighted by atomic mass is 35.5. The van der Waals surface area contributed by atoms with Crippen molar-refractivity contribution in [2.75, 3.05) is 6.26 Å². The van der Waals surface area contributed by atoms with Gasteiger partial charge in [0, 0.05) is 6.26 Å². The summed E-state index contributed by atoms with van der Waals surface area (Å²) in [7, 11) is -3.10. The van der Waals surface area contributed by atoms with Gasteiger partial charge in [-0.2, -0.15) is 0 Å². The highest BCUT2D eigenvalue weighted by molar-refractivity contribution is 7.91. The van der Waals surface area contributed by atoms with Gasteiger partial charge in [0.2, 0.25) is 0 Å². The van der Waals surface area contributed by atoms with Gasteiger partial charge < -0.3 is 0 Å². The zero-order valence-corrected chi connectivity index (χ0v) is 12.6. The Balaban J connectivity index is 2.22. The second-order valence-electron chi connectivity index (χ2n) is 4.94. The molecule has 2 nitrogen and oxygen atoms in total. The molecule has 0 spiro atoms. The third kappa shape index (κ3) is 3.48. The molecule has 0 amide bonds. The Hall–Kier alpha value is -1.06. The summed E-state index contributed by atoms with van der Waals surface area (Å²) in [6, 6.07) is 14.2. The Bertz CT molecular complexity index is 679. The van der Waals surface area contributed by atoms with Gasteiger partial charge in [-0.1, -0.05) is 42.5 Å². The third-order valence-corrected chi connectivity index (χ3v) is 5.79. The molecule has 0 saturated heterocycles. The number of hydrogen-bond donors (Lipinski definition) is 0. The van der Waals surface area contributed by atoms with Crippen LogP contribution in [-0.2, 0) is 16.3 Å². The number of rotatable bonds is 4. The molecule has 0 aliphatic carbocycles. The maximum Gasteiger partial charge on any atom is 0.151 e. The molecule has 2 aromatic rings. The molecule has 0 N–H and O–H groups in total. The van der Waals surface area contributed by atoms with Gasteiger partial charge in [-0.05, 0) is 29.7 Å². The minimum absolute atomic E-state index is 0.406. The van der Waals surface area contributed by atoms with E-state index in [1.54, 1.807) is 6.92 Å². The standard InChI is InChI=1S/C15H17ClO2S/c1-11(19(2,17)18)15(16)10-12-7-8-13-5-3-4-6-14(13)9-12/h3-9,11,15H,10H2,1-2H3. The zero-order chi connectivity index (χ0) is 14.0. The van der Waals surface area contributed by atoms with E-state index in [2.05, 4.69) is 12.1 Å². The smallest absolute Gasteiger partial charge is 0.151 e. The van der Waals surface area contributed by atoms with Crippen LogP contribution in [0.1, 0.15) is 12.5 Å². The first-order valence-electron chi connectivity index (χ1n) is 6.18. The summed E-state index contributed by atoms with van der Waals surface area (Å²) >= 11 is 6.22. The molecule has 0 aliphatic heterocycles. The second-order valence-corrected chi connectivity index (χ2v) is 7.90. The van der Waals surface area contributed by atoms with Gasteiger partial charge in [-0.3, -0.25) is 0 Å². The van der Waals surface area contributed by atoms with Gasteiger partial charge in [0.05, 0.1) is 10.6 Å². The molecule has 2 unspecified atom stereocenters. The quantitative estimate of drug-likeness (QED) is 0.810. The van der Waals surface area contributed by atoms with Crippen LogP contribution in [0.2, 0.25) is 0 Å². The summed E-state index contributed by atoms with van der Waals surface area (Å²) in [6.07, 6.45) is 1.79. The fraction of sp³-hybridized carbons (Fsp3) is 0.333. The maximum atomic E-state index is 11.5. The van der Waals surface area contributed by atoms with Crippen LogP contribution in [-0.4, -0.2) is 25.3 Å². The second kappa shape index (κ2) is 5.51. The molecule has 0 bridgehead atoms. The van der Waals surface area contributed by atoms with Crippen LogP contribution < -0.4 is 0 Å². The number of fused-ring (bicyclic) bond motifs is 1. The molecule has 0 fully saturated rings.